The van der Waals surface area contributed by atoms with Crippen molar-refractivity contribution < 1.29 is 17.9 Å². The molecular formula is C26H29F3N6O. The van der Waals surface area contributed by atoms with Crippen LogP contribution in [0.25, 0.3) is 17.1 Å². The lowest BCUT2D eigenvalue weighted by Gasteiger charge is -2.30. The van der Waals surface area contributed by atoms with Crippen molar-refractivity contribution in [1.29, 1.82) is 0 Å². The Balaban J connectivity index is 1.43. The van der Waals surface area contributed by atoms with E-state index in [1.54, 1.807) is 18.0 Å². The molecule has 1 aromatic carbocycles. The fraction of sp³-hybridized carbons (Fsp3) is 0.423. The molecule has 0 atom stereocenters. The Morgan fingerprint density at radius 2 is 1.83 bits per heavy atom. The van der Waals surface area contributed by atoms with Crippen LogP contribution in [-0.4, -0.2) is 50.2 Å². The average Bonchev–Trinajstić information content (AvgIpc) is 3.48. The summed E-state index contributed by atoms with van der Waals surface area (Å²) in [6.45, 7) is 5.00. The molecule has 0 saturated heterocycles. The van der Waals surface area contributed by atoms with Crippen molar-refractivity contribution in [3.8, 4) is 17.3 Å². The predicted octanol–water partition coefficient (Wildman–Crippen LogP) is 5.53. The van der Waals surface area contributed by atoms with E-state index in [0.717, 1.165) is 48.1 Å². The molecule has 1 aliphatic heterocycles. The van der Waals surface area contributed by atoms with Gasteiger partial charge in [0.1, 0.15) is 12.2 Å². The fourth-order valence-corrected chi connectivity index (χ4v) is 4.56. The zero-order chi connectivity index (χ0) is 25.6. The molecule has 10 heteroatoms. The van der Waals surface area contributed by atoms with Crippen LogP contribution >= 0.6 is 0 Å². The number of hydrogen-bond acceptors (Lipinski definition) is 6. The van der Waals surface area contributed by atoms with Crippen LogP contribution in [0.1, 0.15) is 61.2 Å². The fourth-order valence-electron chi connectivity index (χ4n) is 4.56. The Morgan fingerprint density at radius 3 is 2.44 bits per heavy atom. The molecule has 2 aromatic heterocycles. The van der Waals surface area contributed by atoms with Crippen molar-refractivity contribution in [2.45, 2.75) is 51.4 Å². The van der Waals surface area contributed by atoms with E-state index in [4.69, 9.17) is 4.74 Å². The summed E-state index contributed by atoms with van der Waals surface area (Å²) in [6.07, 6.45) is 2.53. The second kappa shape index (κ2) is 9.24. The summed E-state index contributed by atoms with van der Waals surface area (Å²) in [5.74, 6) is 1.30. The second-order valence-corrected chi connectivity index (χ2v) is 9.55. The Labute approximate surface area is 208 Å². The molecular weight excluding hydrogens is 469 g/mol. The molecule has 190 valence electrons. The number of likely N-dealkylation sites (N-methyl/N-ethyl adjacent to an activating group) is 1. The van der Waals surface area contributed by atoms with Gasteiger partial charge in [0.05, 0.1) is 30.6 Å². The number of imidazole rings is 1. The maximum atomic E-state index is 13.3. The number of aromatic nitrogens is 4. The number of alkyl halides is 3. The quantitative estimate of drug-likeness (QED) is 0.427. The number of nitrogens with zero attached hydrogens (tertiary/aromatic N) is 6. The van der Waals surface area contributed by atoms with Gasteiger partial charge in [-0.1, -0.05) is 24.3 Å². The number of benzene rings is 1. The lowest BCUT2D eigenvalue weighted by molar-refractivity contribution is -0.140. The first kappa shape index (κ1) is 24.3. The Bertz CT molecular complexity index is 1280. The van der Waals surface area contributed by atoms with E-state index in [2.05, 4.69) is 31.0 Å². The van der Waals surface area contributed by atoms with Crippen molar-refractivity contribution in [1.82, 2.24) is 29.5 Å². The summed E-state index contributed by atoms with van der Waals surface area (Å²) < 4.78 is 47.0. The molecule has 0 N–H and O–H groups in total. The van der Waals surface area contributed by atoms with Gasteiger partial charge in [-0.3, -0.25) is 0 Å². The van der Waals surface area contributed by atoms with Gasteiger partial charge in [0.2, 0.25) is 5.88 Å². The SMILES string of the molecule is COc1ncnc(C2CC2)c1C1=CCN(C)N1Cc1ccc(-c2nc(C(F)(F)F)cn2C(C)C)cc1. The van der Waals surface area contributed by atoms with Crippen LogP contribution in [0, 0.1) is 0 Å². The maximum absolute atomic E-state index is 13.3. The number of ether oxygens (including phenoxy) is 1. The van der Waals surface area contributed by atoms with Crippen LogP contribution < -0.4 is 4.74 Å². The summed E-state index contributed by atoms with van der Waals surface area (Å²) in [5.41, 5.74) is 3.73. The Hall–Kier alpha value is -3.40. The highest BCUT2D eigenvalue weighted by Crippen LogP contribution is 2.45. The van der Waals surface area contributed by atoms with Gasteiger partial charge < -0.3 is 14.3 Å². The van der Waals surface area contributed by atoms with Gasteiger partial charge in [-0.05, 0) is 38.3 Å². The minimum Gasteiger partial charge on any atom is -0.480 e. The van der Waals surface area contributed by atoms with E-state index in [9.17, 15) is 13.2 Å². The van der Waals surface area contributed by atoms with Crippen molar-refractivity contribution in [3.05, 3.63) is 65.4 Å². The first-order valence-electron chi connectivity index (χ1n) is 12.0. The van der Waals surface area contributed by atoms with Crippen LogP contribution in [0.2, 0.25) is 0 Å². The standard InChI is InChI=1S/C26H29F3N6O/c1-16(2)34-14-21(26(27,28)29)32-24(34)19-7-5-17(6-8-19)13-35-20(11-12-33(35)3)22-23(18-9-10-18)30-15-31-25(22)36-4/h5-8,11,14-16,18H,9-10,12-13H2,1-4H3. The summed E-state index contributed by atoms with van der Waals surface area (Å²) >= 11 is 0. The molecule has 1 aliphatic carbocycles. The lowest BCUT2D eigenvalue weighted by atomic mass is 10.1. The number of hydrogen-bond donors (Lipinski definition) is 0. The number of rotatable bonds is 7. The molecule has 3 aromatic rings. The van der Waals surface area contributed by atoms with Crippen molar-refractivity contribution >= 4 is 5.70 Å². The third-order valence-electron chi connectivity index (χ3n) is 6.62. The lowest BCUT2D eigenvalue weighted by Crippen LogP contribution is -2.33. The number of halogens is 3. The smallest absolute Gasteiger partial charge is 0.434 e. The molecule has 0 radical (unpaired) electrons. The van der Waals surface area contributed by atoms with E-state index in [-0.39, 0.29) is 6.04 Å². The van der Waals surface area contributed by atoms with Gasteiger partial charge in [-0.2, -0.15) is 13.2 Å². The summed E-state index contributed by atoms with van der Waals surface area (Å²) in [5, 5.41) is 4.28. The van der Waals surface area contributed by atoms with Crippen molar-refractivity contribution in [2.75, 3.05) is 20.7 Å². The average molecular weight is 499 g/mol. The topological polar surface area (TPSA) is 59.3 Å². The minimum atomic E-state index is -4.49. The highest BCUT2D eigenvalue weighted by molar-refractivity contribution is 5.71. The second-order valence-electron chi connectivity index (χ2n) is 9.55. The van der Waals surface area contributed by atoms with Gasteiger partial charge in [-0.15, -0.1) is 0 Å². The Morgan fingerprint density at radius 1 is 1.11 bits per heavy atom. The number of methoxy groups -OCH3 is 1. The van der Waals surface area contributed by atoms with Crippen LogP contribution in [-0.2, 0) is 12.7 Å². The molecule has 5 rings (SSSR count). The zero-order valence-corrected chi connectivity index (χ0v) is 20.8. The van der Waals surface area contributed by atoms with Gasteiger partial charge in [-0.25, -0.2) is 20.0 Å². The van der Waals surface area contributed by atoms with Crippen LogP contribution in [0.3, 0.4) is 0 Å². The van der Waals surface area contributed by atoms with Gasteiger partial charge in [0, 0.05) is 37.3 Å². The zero-order valence-electron chi connectivity index (χ0n) is 20.8. The maximum Gasteiger partial charge on any atom is 0.434 e. The van der Waals surface area contributed by atoms with Gasteiger partial charge >= 0.3 is 6.18 Å². The normalized spacial score (nSPS) is 16.7. The van der Waals surface area contributed by atoms with E-state index in [1.807, 2.05) is 45.2 Å². The summed E-state index contributed by atoms with van der Waals surface area (Å²) in [6, 6.07) is 7.38. The van der Waals surface area contributed by atoms with Crippen LogP contribution in [0.15, 0.2) is 42.9 Å². The molecule has 2 aliphatic rings. The van der Waals surface area contributed by atoms with Gasteiger partial charge in [0.25, 0.3) is 0 Å². The van der Waals surface area contributed by atoms with Crippen molar-refractivity contribution in [3.63, 3.8) is 0 Å². The third kappa shape index (κ3) is 4.57. The van der Waals surface area contributed by atoms with E-state index >= 15 is 0 Å². The first-order chi connectivity index (χ1) is 17.2. The molecule has 3 heterocycles. The molecule has 0 amide bonds. The van der Waals surface area contributed by atoms with Crippen LogP contribution in [0.5, 0.6) is 5.88 Å². The van der Waals surface area contributed by atoms with E-state index in [1.165, 1.54) is 0 Å². The highest BCUT2D eigenvalue weighted by Gasteiger charge is 2.36. The molecule has 0 spiro atoms. The summed E-state index contributed by atoms with van der Waals surface area (Å²) in [7, 11) is 3.64. The molecule has 0 bridgehead atoms. The molecule has 1 fully saturated rings. The van der Waals surface area contributed by atoms with Crippen molar-refractivity contribution in [2.24, 2.45) is 0 Å². The number of hydrazine groups is 1. The van der Waals surface area contributed by atoms with Crippen LogP contribution in [0.4, 0.5) is 13.2 Å². The minimum absolute atomic E-state index is 0.155. The molecule has 1 saturated carbocycles. The molecule has 36 heavy (non-hydrogen) atoms. The van der Waals surface area contributed by atoms with E-state index in [0.29, 0.717) is 29.7 Å². The monoisotopic (exact) mass is 498 g/mol. The Kier molecular flexibility index (Phi) is 6.23. The largest absolute Gasteiger partial charge is 0.480 e. The highest BCUT2D eigenvalue weighted by atomic mass is 19.4. The van der Waals surface area contributed by atoms with Gasteiger partial charge in [0.15, 0.2) is 5.69 Å². The molecule has 7 nitrogen and oxygen atoms in total. The first-order valence-corrected chi connectivity index (χ1v) is 12.0. The predicted molar refractivity (Wildman–Crippen MR) is 130 cm³/mol. The third-order valence-corrected chi connectivity index (χ3v) is 6.62. The summed E-state index contributed by atoms with van der Waals surface area (Å²) in [4.78, 5) is 12.8. The molecule has 0 unspecified atom stereocenters. The van der Waals surface area contributed by atoms with E-state index < -0.39 is 11.9 Å².